The van der Waals surface area contributed by atoms with Crippen molar-refractivity contribution in [2.75, 3.05) is 31.3 Å². The summed E-state index contributed by atoms with van der Waals surface area (Å²) in [7, 11) is 3.39. The molecule has 0 aromatic carbocycles. The van der Waals surface area contributed by atoms with E-state index in [4.69, 9.17) is 5.73 Å². The Labute approximate surface area is 82.9 Å². The fourth-order valence-electron chi connectivity index (χ4n) is 1.10. The van der Waals surface area contributed by atoms with Crippen molar-refractivity contribution < 1.29 is 4.79 Å². The molecule has 0 atom stereocenters. The topological polar surface area (TPSA) is 71.2 Å². The maximum absolute atomic E-state index is 11.1. The number of likely N-dealkylation sites (N-methyl/N-ethyl adjacent to an activating group) is 2. The summed E-state index contributed by atoms with van der Waals surface area (Å²) in [5.41, 5.74) is 7.10. The van der Waals surface area contributed by atoms with Gasteiger partial charge in [0.05, 0.1) is 24.1 Å². The first kappa shape index (κ1) is 10.3. The second-order valence-electron chi connectivity index (χ2n) is 2.96. The molecule has 1 heterocycles. The van der Waals surface area contributed by atoms with Crippen molar-refractivity contribution in [1.82, 2.24) is 10.3 Å². The molecule has 0 unspecified atom stereocenters. The maximum Gasteiger partial charge on any atom is 0.239 e. The van der Waals surface area contributed by atoms with E-state index in [0.717, 1.165) is 5.69 Å². The standard InChI is InChI=1S/C9H14N4O/c1-11-9(14)6-13(2)8-5-12-4-3-7(8)10/h3-5H,6H2,1-2H3,(H2,10,12)(H,11,14). The van der Waals surface area contributed by atoms with Crippen molar-refractivity contribution in [2.24, 2.45) is 0 Å². The molecule has 0 aliphatic carbocycles. The van der Waals surface area contributed by atoms with Crippen molar-refractivity contribution in [3.05, 3.63) is 18.5 Å². The highest BCUT2D eigenvalue weighted by atomic mass is 16.1. The Hall–Kier alpha value is -1.78. The summed E-state index contributed by atoms with van der Waals surface area (Å²) in [5, 5.41) is 2.54. The normalized spacial score (nSPS) is 9.57. The number of amides is 1. The molecule has 0 bridgehead atoms. The number of nitrogens with two attached hydrogens (primary N) is 1. The lowest BCUT2D eigenvalue weighted by molar-refractivity contribution is -0.119. The minimum atomic E-state index is -0.0595. The average Bonchev–Trinajstić information content (AvgIpc) is 2.18. The van der Waals surface area contributed by atoms with E-state index in [1.807, 2.05) is 0 Å². The van der Waals surface area contributed by atoms with Crippen LogP contribution in [0.25, 0.3) is 0 Å². The summed E-state index contributed by atoms with van der Waals surface area (Å²) in [6.07, 6.45) is 3.25. The summed E-state index contributed by atoms with van der Waals surface area (Å²) in [6.45, 7) is 0.270. The summed E-state index contributed by atoms with van der Waals surface area (Å²) in [5.74, 6) is -0.0595. The molecule has 1 amide bonds. The van der Waals surface area contributed by atoms with Crippen molar-refractivity contribution >= 4 is 17.3 Å². The Morgan fingerprint density at radius 1 is 1.71 bits per heavy atom. The van der Waals surface area contributed by atoms with Crippen molar-refractivity contribution in [3.63, 3.8) is 0 Å². The fourth-order valence-corrected chi connectivity index (χ4v) is 1.10. The number of hydrogen-bond donors (Lipinski definition) is 2. The molecule has 0 aliphatic heterocycles. The van der Waals surface area contributed by atoms with Crippen molar-refractivity contribution in [1.29, 1.82) is 0 Å². The van der Waals surface area contributed by atoms with Gasteiger partial charge in [-0.3, -0.25) is 9.78 Å². The number of carbonyl (C=O) groups is 1. The van der Waals surface area contributed by atoms with Gasteiger partial charge in [0.25, 0.3) is 0 Å². The maximum atomic E-state index is 11.1. The van der Waals surface area contributed by atoms with Crippen LogP contribution >= 0.6 is 0 Å². The number of anilines is 2. The number of rotatable bonds is 3. The predicted octanol–water partition coefficient (Wildman–Crippen LogP) is -0.154. The van der Waals surface area contributed by atoms with Gasteiger partial charge in [-0.1, -0.05) is 0 Å². The van der Waals surface area contributed by atoms with Gasteiger partial charge in [0.1, 0.15) is 0 Å². The third-order valence-corrected chi connectivity index (χ3v) is 1.90. The first-order valence-electron chi connectivity index (χ1n) is 4.26. The number of nitrogens with one attached hydrogen (secondary N) is 1. The third-order valence-electron chi connectivity index (χ3n) is 1.90. The van der Waals surface area contributed by atoms with Gasteiger partial charge in [0, 0.05) is 20.3 Å². The Morgan fingerprint density at radius 3 is 3.00 bits per heavy atom. The van der Waals surface area contributed by atoms with Gasteiger partial charge >= 0.3 is 0 Å². The molecule has 0 aliphatic rings. The number of pyridine rings is 1. The minimum absolute atomic E-state index is 0.0595. The van der Waals surface area contributed by atoms with E-state index in [-0.39, 0.29) is 12.5 Å². The molecule has 0 saturated carbocycles. The Balaban J connectivity index is 2.74. The Kier molecular flexibility index (Phi) is 3.28. The van der Waals surface area contributed by atoms with Crippen LogP contribution in [0.5, 0.6) is 0 Å². The van der Waals surface area contributed by atoms with Crippen LogP contribution in [-0.2, 0) is 4.79 Å². The molecule has 5 nitrogen and oxygen atoms in total. The molecule has 0 saturated heterocycles. The first-order chi connectivity index (χ1) is 6.65. The van der Waals surface area contributed by atoms with Gasteiger partial charge in [0.15, 0.2) is 0 Å². The Morgan fingerprint density at radius 2 is 2.43 bits per heavy atom. The van der Waals surface area contributed by atoms with E-state index < -0.39 is 0 Å². The molecule has 0 fully saturated rings. The predicted molar refractivity (Wildman–Crippen MR) is 56.0 cm³/mol. The van der Waals surface area contributed by atoms with Gasteiger partial charge in [0.2, 0.25) is 5.91 Å². The zero-order valence-corrected chi connectivity index (χ0v) is 8.32. The summed E-state index contributed by atoms with van der Waals surface area (Å²) < 4.78 is 0. The molecular formula is C9H14N4O. The van der Waals surface area contributed by atoms with Crippen molar-refractivity contribution in [3.8, 4) is 0 Å². The highest BCUT2D eigenvalue weighted by molar-refractivity contribution is 5.82. The number of hydrogen-bond acceptors (Lipinski definition) is 4. The van der Waals surface area contributed by atoms with Crippen LogP contribution in [-0.4, -0.2) is 31.5 Å². The van der Waals surface area contributed by atoms with Gasteiger partial charge in [-0.05, 0) is 6.07 Å². The van der Waals surface area contributed by atoms with Crippen LogP contribution in [0.1, 0.15) is 0 Å². The quantitative estimate of drug-likeness (QED) is 0.701. The highest BCUT2D eigenvalue weighted by Crippen LogP contribution is 2.18. The van der Waals surface area contributed by atoms with Crippen molar-refractivity contribution in [2.45, 2.75) is 0 Å². The van der Waals surface area contributed by atoms with Gasteiger partial charge in [-0.2, -0.15) is 0 Å². The lowest BCUT2D eigenvalue weighted by Crippen LogP contribution is -2.33. The monoisotopic (exact) mass is 194 g/mol. The lowest BCUT2D eigenvalue weighted by Gasteiger charge is -2.19. The van der Waals surface area contributed by atoms with E-state index in [9.17, 15) is 4.79 Å². The number of carbonyl (C=O) groups excluding carboxylic acids is 1. The largest absolute Gasteiger partial charge is 0.397 e. The minimum Gasteiger partial charge on any atom is -0.397 e. The number of nitrogens with zero attached hydrogens (tertiary/aromatic N) is 2. The summed E-state index contributed by atoms with van der Waals surface area (Å²) in [4.78, 5) is 16.8. The molecule has 0 radical (unpaired) electrons. The SMILES string of the molecule is CNC(=O)CN(C)c1cnccc1N. The van der Waals surface area contributed by atoms with Crippen LogP contribution in [0, 0.1) is 0 Å². The highest BCUT2D eigenvalue weighted by Gasteiger charge is 2.08. The average molecular weight is 194 g/mol. The van der Waals surface area contributed by atoms with E-state index in [0.29, 0.717) is 5.69 Å². The molecular weight excluding hydrogens is 180 g/mol. The zero-order valence-electron chi connectivity index (χ0n) is 8.32. The van der Waals surface area contributed by atoms with Gasteiger partial charge in [-0.15, -0.1) is 0 Å². The molecule has 1 aromatic rings. The third kappa shape index (κ3) is 2.35. The van der Waals surface area contributed by atoms with Crippen LogP contribution in [0.2, 0.25) is 0 Å². The fraction of sp³-hybridized carbons (Fsp3) is 0.333. The molecule has 14 heavy (non-hydrogen) atoms. The number of aromatic nitrogens is 1. The van der Waals surface area contributed by atoms with Crippen LogP contribution in [0.15, 0.2) is 18.5 Å². The smallest absolute Gasteiger partial charge is 0.239 e. The van der Waals surface area contributed by atoms with E-state index >= 15 is 0 Å². The first-order valence-corrected chi connectivity index (χ1v) is 4.26. The lowest BCUT2D eigenvalue weighted by atomic mass is 10.3. The van der Waals surface area contributed by atoms with Crippen LogP contribution in [0.4, 0.5) is 11.4 Å². The molecule has 76 valence electrons. The van der Waals surface area contributed by atoms with Gasteiger partial charge < -0.3 is 16.0 Å². The molecule has 1 aromatic heterocycles. The van der Waals surface area contributed by atoms with Crippen LogP contribution < -0.4 is 16.0 Å². The molecule has 0 spiro atoms. The molecule has 1 rings (SSSR count). The zero-order chi connectivity index (χ0) is 10.6. The van der Waals surface area contributed by atoms with E-state index in [1.165, 1.54) is 0 Å². The van der Waals surface area contributed by atoms with Crippen LogP contribution in [0.3, 0.4) is 0 Å². The number of nitrogen functional groups attached to an aromatic ring is 1. The van der Waals surface area contributed by atoms with E-state index in [1.54, 1.807) is 37.5 Å². The van der Waals surface area contributed by atoms with Gasteiger partial charge in [-0.25, -0.2) is 0 Å². The second-order valence-corrected chi connectivity index (χ2v) is 2.96. The van der Waals surface area contributed by atoms with E-state index in [2.05, 4.69) is 10.3 Å². The summed E-state index contributed by atoms with van der Waals surface area (Å²) in [6, 6.07) is 1.70. The Bertz CT molecular complexity index is 326. The molecule has 3 N–H and O–H groups in total. The second kappa shape index (κ2) is 4.45. The summed E-state index contributed by atoms with van der Waals surface area (Å²) >= 11 is 0. The molecule has 5 heteroatoms.